The van der Waals surface area contributed by atoms with Gasteiger partial charge in [0.1, 0.15) is 13.2 Å². The molecule has 7 heteroatoms. The molecule has 2 aromatic rings. The number of hydrogen-bond donors (Lipinski definition) is 1. The van der Waals surface area contributed by atoms with Crippen LogP contribution in [0.25, 0.3) is 6.08 Å². The molecule has 28 heavy (non-hydrogen) atoms. The van der Waals surface area contributed by atoms with Gasteiger partial charge in [-0.3, -0.25) is 4.79 Å². The Bertz CT molecular complexity index is 879. The Morgan fingerprint density at radius 2 is 1.82 bits per heavy atom. The molecule has 0 bridgehead atoms. The van der Waals surface area contributed by atoms with Crippen LogP contribution in [-0.2, 0) is 14.3 Å². The van der Waals surface area contributed by atoms with Crippen molar-refractivity contribution in [2.45, 2.75) is 17.9 Å². The Morgan fingerprint density at radius 3 is 2.54 bits per heavy atom. The fourth-order valence-corrected chi connectivity index (χ4v) is 2.92. The molecule has 0 unspecified atom stereocenters. The summed E-state index contributed by atoms with van der Waals surface area (Å²) >= 11 is 1.65. The highest BCUT2D eigenvalue weighted by atomic mass is 32.2. The molecule has 6 nitrogen and oxygen atoms in total. The van der Waals surface area contributed by atoms with Gasteiger partial charge in [0, 0.05) is 22.7 Å². The van der Waals surface area contributed by atoms with Crippen molar-refractivity contribution in [2.24, 2.45) is 0 Å². The van der Waals surface area contributed by atoms with Crippen molar-refractivity contribution in [1.82, 2.24) is 0 Å². The molecule has 1 atom stereocenters. The molecule has 0 spiro atoms. The van der Waals surface area contributed by atoms with E-state index in [0.717, 1.165) is 10.5 Å². The molecule has 1 heterocycles. The van der Waals surface area contributed by atoms with Crippen LogP contribution in [0, 0.1) is 0 Å². The summed E-state index contributed by atoms with van der Waals surface area (Å²) in [5, 5.41) is 2.71. The first-order valence-corrected chi connectivity index (χ1v) is 10.0. The Kier molecular flexibility index (Phi) is 6.60. The fraction of sp³-hybridized carbons (Fsp3) is 0.238. The Hall–Kier alpha value is -2.93. The van der Waals surface area contributed by atoms with Crippen molar-refractivity contribution in [2.75, 3.05) is 24.8 Å². The van der Waals surface area contributed by atoms with E-state index >= 15 is 0 Å². The van der Waals surface area contributed by atoms with Crippen molar-refractivity contribution in [3.63, 3.8) is 0 Å². The van der Waals surface area contributed by atoms with E-state index in [4.69, 9.17) is 14.2 Å². The summed E-state index contributed by atoms with van der Waals surface area (Å²) in [5.41, 5.74) is 1.42. The summed E-state index contributed by atoms with van der Waals surface area (Å²) < 4.78 is 16.1. The third kappa shape index (κ3) is 5.29. The van der Waals surface area contributed by atoms with E-state index in [1.807, 2.05) is 30.5 Å². The number of anilines is 1. The van der Waals surface area contributed by atoms with E-state index in [0.29, 0.717) is 30.4 Å². The molecule has 146 valence electrons. The molecule has 2 aromatic carbocycles. The number of rotatable bonds is 6. The lowest BCUT2D eigenvalue weighted by molar-refractivity contribution is -0.148. The van der Waals surface area contributed by atoms with Crippen LogP contribution in [-0.4, -0.2) is 37.4 Å². The number of nitrogens with one attached hydrogen (secondary N) is 1. The first kappa shape index (κ1) is 19.8. The van der Waals surface area contributed by atoms with Gasteiger partial charge in [-0.2, -0.15) is 0 Å². The Labute approximate surface area is 167 Å². The largest absolute Gasteiger partial charge is 0.486 e. The van der Waals surface area contributed by atoms with Crippen LogP contribution in [0.4, 0.5) is 5.69 Å². The second-order valence-electron chi connectivity index (χ2n) is 6.03. The number of benzene rings is 2. The standard InChI is InChI=1S/C21H21NO5S/c1-14(27-20(23)10-5-15-3-7-17(28-2)8-4-15)21(24)22-16-6-9-18-19(13-16)26-12-11-25-18/h3-10,13-14H,11-12H2,1-2H3,(H,22,24)/b10-5+/t14-/m1/s1. The summed E-state index contributed by atoms with van der Waals surface area (Å²) in [4.78, 5) is 25.4. The first-order chi connectivity index (χ1) is 13.5. The fourth-order valence-electron chi connectivity index (χ4n) is 2.51. The summed E-state index contributed by atoms with van der Waals surface area (Å²) in [6.45, 7) is 2.48. The maximum Gasteiger partial charge on any atom is 0.331 e. The topological polar surface area (TPSA) is 73.9 Å². The quantitative estimate of drug-likeness (QED) is 0.453. The van der Waals surface area contributed by atoms with Crippen molar-refractivity contribution in [3.05, 3.63) is 54.1 Å². The third-order valence-electron chi connectivity index (χ3n) is 4.00. The number of amides is 1. The van der Waals surface area contributed by atoms with Crippen LogP contribution in [0.1, 0.15) is 12.5 Å². The van der Waals surface area contributed by atoms with Crippen LogP contribution in [0.15, 0.2) is 53.4 Å². The highest BCUT2D eigenvalue weighted by molar-refractivity contribution is 7.98. The molecule has 1 aliphatic heterocycles. The molecule has 1 amide bonds. The van der Waals surface area contributed by atoms with Gasteiger partial charge >= 0.3 is 5.97 Å². The normalized spacial score (nSPS) is 13.8. The predicted molar refractivity (Wildman–Crippen MR) is 109 cm³/mol. The maximum atomic E-state index is 12.3. The lowest BCUT2D eigenvalue weighted by atomic mass is 10.2. The van der Waals surface area contributed by atoms with E-state index in [9.17, 15) is 9.59 Å². The molecule has 1 N–H and O–H groups in total. The minimum Gasteiger partial charge on any atom is -0.486 e. The van der Waals surface area contributed by atoms with Gasteiger partial charge in [-0.05, 0) is 49.1 Å². The zero-order valence-corrected chi connectivity index (χ0v) is 16.5. The molecule has 0 saturated heterocycles. The molecule has 0 fully saturated rings. The van der Waals surface area contributed by atoms with E-state index in [1.165, 1.54) is 13.0 Å². The van der Waals surface area contributed by atoms with Gasteiger partial charge in [-0.25, -0.2) is 4.79 Å². The highest BCUT2D eigenvalue weighted by Crippen LogP contribution is 2.32. The summed E-state index contributed by atoms with van der Waals surface area (Å²) in [7, 11) is 0. The SMILES string of the molecule is CSc1ccc(/C=C/C(=O)O[C@H](C)C(=O)Nc2ccc3c(c2)OCCO3)cc1. The van der Waals surface area contributed by atoms with Crippen molar-refractivity contribution >= 4 is 35.4 Å². The number of fused-ring (bicyclic) bond motifs is 1. The minimum atomic E-state index is -0.941. The second-order valence-corrected chi connectivity index (χ2v) is 6.91. The van der Waals surface area contributed by atoms with Crippen LogP contribution in [0.2, 0.25) is 0 Å². The van der Waals surface area contributed by atoms with Crippen LogP contribution in [0.3, 0.4) is 0 Å². The smallest absolute Gasteiger partial charge is 0.331 e. The highest BCUT2D eigenvalue weighted by Gasteiger charge is 2.18. The van der Waals surface area contributed by atoms with Gasteiger partial charge in [-0.1, -0.05) is 12.1 Å². The molecular formula is C21H21NO5S. The van der Waals surface area contributed by atoms with Crippen LogP contribution in [0.5, 0.6) is 11.5 Å². The van der Waals surface area contributed by atoms with E-state index < -0.39 is 18.0 Å². The monoisotopic (exact) mass is 399 g/mol. The average Bonchev–Trinajstić information content (AvgIpc) is 2.72. The molecular weight excluding hydrogens is 378 g/mol. The zero-order valence-electron chi connectivity index (χ0n) is 15.6. The molecule has 3 rings (SSSR count). The van der Waals surface area contributed by atoms with Gasteiger partial charge in [0.15, 0.2) is 17.6 Å². The number of carbonyl (C=O) groups is 2. The average molecular weight is 399 g/mol. The van der Waals surface area contributed by atoms with E-state index in [-0.39, 0.29) is 0 Å². The number of ether oxygens (including phenoxy) is 3. The first-order valence-electron chi connectivity index (χ1n) is 8.78. The van der Waals surface area contributed by atoms with E-state index in [1.54, 1.807) is 36.0 Å². The number of hydrogen-bond acceptors (Lipinski definition) is 6. The molecule has 0 radical (unpaired) electrons. The Balaban J connectivity index is 1.53. The van der Waals surface area contributed by atoms with Gasteiger partial charge < -0.3 is 19.5 Å². The number of carbonyl (C=O) groups excluding carboxylic acids is 2. The van der Waals surface area contributed by atoms with Crippen LogP contribution >= 0.6 is 11.8 Å². The van der Waals surface area contributed by atoms with Crippen molar-refractivity contribution < 1.29 is 23.8 Å². The molecule has 0 aromatic heterocycles. The lowest BCUT2D eigenvalue weighted by Crippen LogP contribution is -2.29. The second kappa shape index (κ2) is 9.32. The minimum absolute atomic E-state index is 0.428. The molecule has 0 saturated carbocycles. The van der Waals surface area contributed by atoms with Crippen molar-refractivity contribution in [1.29, 1.82) is 0 Å². The number of esters is 1. The lowest BCUT2D eigenvalue weighted by Gasteiger charge is -2.19. The van der Waals surface area contributed by atoms with Gasteiger partial charge in [0.05, 0.1) is 0 Å². The molecule has 0 aliphatic carbocycles. The zero-order chi connectivity index (χ0) is 19.9. The summed E-state index contributed by atoms with van der Waals surface area (Å²) in [6, 6.07) is 12.9. The predicted octanol–water partition coefficient (Wildman–Crippen LogP) is 3.76. The van der Waals surface area contributed by atoms with Crippen molar-refractivity contribution in [3.8, 4) is 11.5 Å². The Morgan fingerprint density at radius 1 is 1.11 bits per heavy atom. The van der Waals surface area contributed by atoms with Gasteiger partial charge in [0.25, 0.3) is 5.91 Å². The number of thioether (sulfide) groups is 1. The van der Waals surface area contributed by atoms with Crippen LogP contribution < -0.4 is 14.8 Å². The van der Waals surface area contributed by atoms with Gasteiger partial charge in [-0.15, -0.1) is 11.8 Å². The maximum absolute atomic E-state index is 12.3. The summed E-state index contributed by atoms with van der Waals surface area (Å²) in [5.74, 6) is 0.199. The summed E-state index contributed by atoms with van der Waals surface area (Å²) in [6.07, 6.45) is 4.02. The third-order valence-corrected chi connectivity index (χ3v) is 4.74. The molecule has 1 aliphatic rings. The van der Waals surface area contributed by atoms with E-state index in [2.05, 4.69) is 5.32 Å². The van der Waals surface area contributed by atoms with Gasteiger partial charge in [0.2, 0.25) is 0 Å².